The Bertz CT molecular complexity index is 1790. The SMILES string of the molecule is NC(=O)CC[C@H](NC(=O)OCC1c2ccccc2-c2ccccc21)C(=O)c1ccc(C(c2ccccc2)c2ccccc2)c(Cl)c1. The van der Waals surface area contributed by atoms with Crippen LogP contribution in [0.15, 0.2) is 127 Å². The number of halogens is 1. The molecule has 2 amide bonds. The molecule has 230 valence electrons. The zero-order valence-corrected chi connectivity index (χ0v) is 25.8. The van der Waals surface area contributed by atoms with E-state index in [4.69, 9.17) is 22.1 Å². The molecule has 7 heteroatoms. The third-order valence-corrected chi connectivity index (χ3v) is 8.82. The second-order valence-corrected chi connectivity index (χ2v) is 11.8. The Balaban J connectivity index is 1.21. The summed E-state index contributed by atoms with van der Waals surface area (Å²) in [7, 11) is 0. The van der Waals surface area contributed by atoms with E-state index in [1.165, 1.54) is 0 Å². The number of benzene rings is 5. The lowest BCUT2D eigenvalue weighted by molar-refractivity contribution is -0.118. The maximum Gasteiger partial charge on any atom is 0.407 e. The number of fused-ring (bicyclic) bond motifs is 3. The first kappa shape index (κ1) is 30.8. The molecule has 0 fully saturated rings. The van der Waals surface area contributed by atoms with Gasteiger partial charge in [0.2, 0.25) is 5.91 Å². The van der Waals surface area contributed by atoms with Gasteiger partial charge in [0.05, 0.1) is 6.04 Å². The fourth-order valence-corrected chi connectivity index (χ4v) is 6.59. The van der Waals surface area contributed by atoms with Gasteiger partial charge < -0.3 is 15.8 Å². The number of ether oxygens (including phenoxy) is 1. The summed E-state index contributed by atoms with van der Waals surface area (Å²) in [4.78, 5) is 38.6. The van der Waals surface area contributed by atoms with Gasteiger partial charge in [-0.2, -0.15) is 0 Å². The predicted molar refractivity (Wildman–Crippen MR) is 180 cm³/mol. The summed E-state index contributed by atoms with van der Waals surface area (Å²) in [5.41, 5.74) is 13.1. The topological polar surface area (TPSA) is 98.5 Å². The molecule has 0 aromatic heterocycles. The van der Waals surface area contributed by atoms with Gasteiger partial charge in [0.15, 0.2) is 5.78 Å². The predicted octanol–water partition coefficient (Wildman–Crippen LogP) is 7.88. The first-order valence-electron chi connectivity index (χ1n) is 15.2. The standard InChI is InChI=1S/C39H33ClN2O4/c40-34-23-27(19-20-32(34)37(25-11-3-1-4-12-25)26-13-5-2-6-14-26)38(44)35(21-22-36(41)43)42-39(45)46-24-33-30-17-9-7-15-28(30)29-16-8-10-18-31(29)33/h1-20,23,33,35,37H,21-22,24H2,(H2,41,43)(H,42,45)/t35-/m0/s1. The number of carbonyl (C=O) groups excluding carboxylic acids is 3. The van der Waals surface area contributed by atoms with Crippen molar-refractivity contribution in [1.29, 1.82) is 0 Å². The van der Waals surface area contributed by atoms with Gasteiger partial charge in [-0.15, -0.1) is 0 Å². The van der Waals surface area contributed by atoms with E-state index in [-0.39, 0.29) is 37.1 Å². The molecule has 5 aromatic carbocycles. The highest BCUT2D eigenvalue weighted by Crippen LogP contribution is 2.44. The zero-order valence-electron chi connectivity index (χ0n) is 25.1. The van der Waals surface area contributed by atoms with Crippen LogP contribution in [0, 0.1) is 0 Å². The summed E-state index contributed by atoms with van der Waals surface area (Å²) in [6, 6.07) is 40.3. The van der Waals surface area contributed by atoms with E-state index < -0.39 is 18.0 Å². The van der Waals surface area contributed by atoms with E-state index in [2.05, 4.69) is 17.4 Å². The Hall–Kier alpha value is -5.20. The van der Waals surface area contributed by atoms with Crippen LogP contribution in [0.1, 0.15) is 62.9 Å². The van der Waals surface area contributed by atoms with Crippen molar-refractivity contribution in [3.63, 3.8) is 0 Å². The number of carbonyl (C=O) groups is 3. The van der Waals surface area contributed by atoms with Crippen LogP contribution in [0.3, 0.4) is 0 Å². The minimum Gasteiger partial charge on any atom is -0.449 e. The highest BCUT2D eigenvalue weighted by atomic mass is 35.5. The van der Waals surface area contributed by atoms with Gasteiger partial charge in [-0.3, -0.25) is 9.59 Å². The van der Waals surface area contributed by atoms with Crippen LogP contribution in [0.4, 0.5) is 4.79 Å². The molecule has 0 bridgehead atoms. The zero-order chi connectivity index (χ0) is 32.0. The fourth-order valence-electron chi connectivity index (χ4n) is 6.30. The molecular formula is C39H33ClN2O4. The highest BCUT2D eigenvalue weighted by Gasteiger charge is 2.30. The van der Waals surface area contributed by atoms with Gasteiger partial charge in [-0.1, -0.05) is 133 Å². The lowest BCUT2D eigenvalue weighted by Crippen LogP contribution is -2.42. The summed E-state index contributed by atoms with van der Waals surface area (Å²) < 4.78 is 5.69. The molecule has 46 heavy (non-hydrogen) atoms. The molecule has 0 heterocycles. The molecule has 6 nitrogen and oxygen atoms in total. The molecule has 0 unspecified atom stereocenters. The van der Waals surface area contributed by atoms with Crippen molar-refractivity contribution >= 4 is 29.4 Å². The monoisotopic (exact) mass is 628 g/mol. The second kappa shape index (κ2) is 13.8. The smallest absolute Gasteiger partial charge is 0.407 e. The Morgan fingerprint density at radius 1 is 0.739 bits per heavy atom. The molecule has 0 radical (unpaired) electrons. The summed E-state index contributed by atoms with van der Waals surface area (Å²) in [5, 5.41) is 3.10. The molecule has 0 spiro atoms. The number of hydrogen-bond acceptors (Lipinski definition) is 4. The molecular weight excluding hydrogens is 596 g/mol. The number of Topliss-reactive ketones (excluding diaryl/α,β-unsaturated/α-hetero) is 1. The highest BCUT2D eigenvalue weighted by molar-refractivity contribution is 6.32. The molecule has 3 N–H and O–H groups in total. The van der Waals surface area contributed by atoms with Gasteiger partial charge in [-0.25, -0.2) is 4.79 Å². The van der Waals surface area contributed by atoms with E-state index >= 15 is 0 Å². The molecule has 1 aliphatic carbocycles. The van der Waals surface area contributed by atoms with Crippen molar-refractivity contribution in [3.05, 3.63) is 166 Å². The maximum atomic E-state index is 13.8. The first-order chi connectivity index (χ1) is 22.4. The van der Waals surface area contributed by atoms with Crippen LogP contribution in [-0.2, 0) is 9.53 Å². The largest absolute Gasteiger partial charge is 0.449 e. The van der Waals surface area contributed by atoms with Crippen LogP contribution in [0.25, 0.3) is 11.1 Å². The summed E-state index contributed by atoms with van der Waals surface area (Å²) >= 11 is 6.87. The first-order valence-corrected chi connectivity index (χ1v) is 15.6. The third-order valence-electron chi connectivity index (χ3n) is 8.49. The average molecular weight is 629 g/mol. The van der Waals surface area contributed by atoms with Gasteiger partial charge in [-0.05, 0) is 51.4 Å². The Morgan fingerprint density at radius 3 is 1.83 bits per heavy atom. The van der Waals surface area contributed by atoms with Crippen molar-refractivity contribution in [3.8, 4) is 11.1 Å². The van der Waals surface area contributed by atoms with Gasteiger partial charge >= 0.3 is 6.09 Å². The number of rotatable bonds is 11. The number of ketones is 1. The maximum absolute atomic E-state index is 13.8. The molecule has 5 aromatic rings. The van der Waals surface area contributed by atoms with Crippen molar-refractivity contribution in [2.24, 2.45) is 5.73 Å². The Kier molecular flexibility index (Phi) is 9.27. The Labute approximate surface area is 273 Å². The summed E-state index contributed by atoms with van der Waals surface area (Å²) in [6.07, 6.45) is -0.815. The minimum atomic E-state index is -1.04. The van der Waals surface area contributed by atoms with Gasteiger partial charge in [0.25, 0.3) is 0 Å². The van der Waals surface area contributed by atoms with Crippen LogP contribution >= 0.6 is 11.6 Å². The average Bonchev–Trinajstić information content (AvgIpc) is 3.40. The lowest BCUT2D eigenvalue weighted by atomic mass is 9.84. The molecule has 6 rings (SSSR count). The van der Waals surface area contributed by atoms with Gasteiger partial charge in [0.1, 0.15) is 6.61 Å². The quantitative estimate of drug-likeness (QED) is 0.115. The number of nitrogens with one attached hydrogen (secondary N) is 1. The number of hydrogen-bond donors (Lipinski definition) is 2. The summed E-state index contributed by atoms with van der Waals surface area (Å²) in [6.45, 7) is 0.0947. The summed E-state index contributed by atoms with van der Waals surface area (Å²) in [5.74, 6) is -1.25. The minimum absolute atomic E-state index is 0.0222. The molecule has 0 saturated heterocycles. The van der Waals surface area contributed by atoms with E-state index in [0.29, 0.717) is 10.6 Å². The van der Waals surface area contributed by atoms with Crippen LogP contribution in [0.2, 0.25) is 5.02 Å². The molecule has 1 atom stereocenters. The number of amides is 2. The van der Waals surface area contributed by atoms with Crippen LogP contribution < -0.4 is 11.1 Å². The van der Waals surface area contributed by atoms with E-state index in [1.54, 1.807) is 12.1 Å². The normalized spacial score (nSPS) is 12.7. The van der Waals surface area contributed by atoms with E-state index in [9.17, 15) is 14.4 Å². The van der Waals surface area contributed by atoms with Gasteiger partial charge in [0, 0.05) is 28.8 Å². The van der Waals surface area contributed by atoms with Crippen molar-refractivity contribution < 1.29 is 19.1 Å². The van der Waals surface area contributed by atoms with Crippen LogP contribution in [-0.4, -0.2) is 30.4 Å². The lowest BCUT2D eigenvalue weighted by Gasteiger charge is -2.22. The van der Waals surface area contributed by atoms with Crippen molar-refractivity contribution in [2.45, 2.75) is 30.7 Å². The van der Waals surface area contributed by atoms with Crippen LogP contribution in [0.5, 0.6) is 0 Å². The Morgan fingerprint density at radius 2 is 1.28 bits per heavy atom. The molecule has 0 aliphatic heterocycles. The van der Waals surface area contributed by atoms with Crippen molar-refractivity contribution in [1.82, 2.24) is 5.32 Å². The number of primary amides is 1. The molecule has 0 saturated carbocycles. The van der Waals surface area contributed by atoms with E-state index in [0.717, 1.165) is 38.9 Å². The van der Waals surface area contributed by atoms with Crippen molar-refractivity contribution in [2.75, 3.05) is 6.61 Å². The number of alkyl carbamates (subject to hydrolysis) is 1. The third kappa shape index (κ3) is 6.58. The van der Waals surface area contributed by atoms with E-state index in [1.807, 2.05) is 103 Å². The molecule has 1 aliphatic rings. The fraction of sp³-hybridized carbons (Fsp3) is 0.154. The second-order valence-electron chi connectivity index (χ2n) is 11.4. The number of nitrogens with two attached hydrogens (primary N) is 1.